The second kappa shape index (κ2) is 9.18. The molecule has 1 atom stereocenters. The van der Waals surface area contributed by atoms with Gasteiger partial charge in [-0.3, -0.25) is 4.79 Å². The first kappa shape index (κ1) is 23.9. The maximum absolute atomic E-state index is 15.1. The number of nitrogens with zero attached hydrogens (tertiary/aromatic N) is 3. The summed E-state index contributed by atoms with van der Waals surface area (Å²) < 4.78 is 75.5. The van der Waals surface area contributed by atoms with Gasteiger partial charge in [-0.25, -0.2) is 8.78 Å². The topological polar surface area (TPSA) is 81.1 Å². The molecule has 0 saturated heterocycles. The Morgan fingerprint density at radius 3 is 2.71 bits per heavy atom. The smallest absolute Gasteiger partial charge is 0.425 e. The summed E-state index contributed by atoms with van der Waals surface area (Å²) in [6.45, 7) is 2.08. The van der Waals surface area contributed by atoms with Gasteiger partial charge >= 0.3 is 6.18 Å². The fourth-order valence-corrected chi connectivity index (χ4v) is 3.56. The van der Waals surface area contributed by atoms with Gasteiger partial charge in [0, 0.05) is 13.1 Å². The van der Waals surface area contributed by atoms with Crippen molar-refractivity contribution in [2.45, 2.75) is 32.3 Å². The lowest BCUT2D eigenvalue weighted by atomic mass is 10.1. The number of aromatic nitrogens is 3. The number of para-hydroxylation sites is 1. The number of nitrogens with one attached hydrogen (secondary N) is 2. The zero-order valence-electron chi connectivity index (χ0n) is 17.5. The van der Waals surface area contributed by atoms with Gasteiger partial charge in [0.1, 0.15) is 23.2 Å². The van der Waals surface area contributed by atoms with E-state index in [0.717, 1.165) is 19.1 Å². The van der Waals surface area contributed by atoms with E-state index in [-0.39, 0.29) is 16.4 Å². The van der Waals surface area contributed by atoms with Gasteiger partial charge in [-0.1, -0.05) is 17.7 Å². The van der Waals surface area contributed by atoms with Crippen LogP contribution >= 0.6 is 11.6 Å². The molecule has 34 heavy (non-hydrogen) atoms. The first-order chi connectivity index (χ1) is 16.1. The summed E-state index contributed by atoms with van der Waals surface area (Å²) in [4.78, 5) is 12.8. The number of hydrogen-bond donors (Lipinski definition) is 2. The van der Waals surface area contributed by atoms with E-state index in [1.807, 2.05) is 0 Å². The Morgan fingerprint density at radius 1 is 1.24 bits per heavy atom. The standard InChI is InChI=1S/C21H17ClF5N5O2/c1-10(21(25,26)27)34-16-8-11(19-31-30-17-9-28-5-6-32(17)19)15(24)7-12(16)20(33)29-18-13(22)3-2-4-14(18)23/h2-4,7-8,10,28H,5-6,9H2,1H3,(H,29,33)/t10-/m0/s1. The lowest BCUT2D eigenvalue weighted by Gasteiger charge is -2.21. The van der Waals surface area contributed by atoms with Crippen LogP contribution in [0.1, 0.15) is 23.1 Å². The van der Waals surface area contributed by atoms with Crippen molar-refractivity contribution in [2.75, 3.05) is 11.9 Å². The second-order valence-corrected chi connectivity index (χ2v) is 7.86. The fourth-order valence-electron chi connectivity index (χ4n) is 3.35. The Bertz CT molecular complexity index is 1230. The third-order valence-corrected chi connectivity index (χ3v) is 5.46. The number of anilines is 1. The van der Waals surface area contributed by atoms with Gasteiger partial charge in [0.15, 0.2) is 11.9 Å². The van der Waals surface area contributed by atoms with E-state index in [2.05, 4.69) is 20.8 Å². The third-order valence-electron chi connectivity index (χ3n) is 5.14. The van der Waals surface area contributed by atoms with Crippen molar-refractivity contribution in [1.82, 2.24) is 20.1 Å². The number of hydrogen-bond acceptors (Lipinski definition) is 5. The van der Waals surface area contributed by atoms with Crippen molar-refractivity contribution < 1.29 is 31.5 Å². The highest BCUT2D eigenvalue weighted by atomic mass is 35.5. The number of ether oxygens (including phenoxy) is 1. The number of benzene rings is 2. The summed E-state index contributed by atoms with van der Waals surface area (Å²) >= 11 is 5.90. The van der Waals surface area contributed by atoms with Crippen LogP contribution in [0.3, 0.4) is 0 Å². The molecule has 0 bridgehead atoms. The summed E-state index contributed by atoms with van der Waals surface area (Å²) in [7, 11) is 0. The molecule has 0 aliphatic carbocycles. The lowest BCUT2D eigenvalue weighted by molar-refractivity contribution is -0.189. The molecule has 0 saturated carbocycles. The van der Waals surface area contributed by atoms with Crippen molar-refractivity contribution in [1.29, 1.82) is 0 Å². The number of carbonyl (C=O) groups excluding carboxylic acids is 1. The van der Waals surface area contributed by atoms with Gasteiger partial charge < -0.3 is 19.9 Å². The van der Waals surface area contributed by atoms with Crippen molar-refractivity contribution >= 4 is 23.2 Å². The Kier molecular flexibility index (Phi) is 6.45. The fraction of sp³-hybridized carbons (Fsp3) is 0.286. The zero-order chi connectivity index (χ0) is 24.6. The molecule has 13 heteroatoms. The zero-order valence-corrected chi connectivity index (χ0v) is 18.3. The Hall–Kier alpha value is -3.25. The van der Waals surface area contributed by atoms with E-state index in [1.54, 1.807) is 4.57 Å². The van der Waals surface area contributed by atoms with Crippen molar-refractivity contribution in [2.24, 2.45) is 0 Å². The molecule has 1 aromatic heterocycles. The lowest BCUT2D eigenvalue weighted by Crippen LogP contribution is -2.32. The number of amides is 1. The van der Waals surface area contributed by atoms with Crippen LogP contribution in [-0.2, 0) is 13.1 Å². The van der Waals surface area contributed by atoms with Crippen LogP contribution in [0.15, 0.2) is 30.3 Å². The highest BCUT2D eigenvalue weighted by Gasteiger charge is 2.39. The second-order valence-electron chi connectivity index (χ2n) is 7.45. The van der Waals surface area contributed by atoms with Crippen molar-refractivity contribution in [3.8, 4) is 17.1 Å². The molecule has 1 aliphatic rings. The highest BCUT2D eigenvalue weighted by Crippen LogP contribution is 2.34. The van der Waals surface area contributed by atoms with E-state index in [4.69, 9.17) is 16.3 Å². The van der Waals surface area contributed by atoms with Gasteiger partial charge in [-0.2, -0.15) is 13.2 Å². The molecule has 0 radical (unpaired) electrons. The van der Waals surface area contributed by atoms with Gasteiger partial charge in [0.2, 0.25) is 0 Å². The quantitative estimate of drug-likeness (QED) is 0.501. The summed E-state index contributed by atoms with van der Waals surface area (Å²) in [6.07, 6.45) is -7.09. The highest BCUT2D eigenvalue weighted by molar-refractivity contribution is 6.34. The molecule has 1 aliphatic heterocycles. The molecular weight excluding hydrogens is 485 g/mol. The van der Waals surface area contributed by atoms with Crippen LogP contribution < -0.4 is 15.4 Å². The summed E-state index contributed by atoms with van der Waals surface area (Å²) in [5, 5.41) is 13.0. The molecule has 4 rings (SSSR count). The van der Waals surface area contributed by atoms with Gasteiger partial charge in [-0.05, 0) is 31.2 Å². The van der Waals surface area contributed by atoms with Crippen LogP contribution in [0.25, 0.3) is 11.4 Å². The molecule has 2 heterocycles. The van der Waals surface area contributed by atoms with Crippen LogP contribution in [0.5, 0.6) is 5.75 Å². The molecule has 2 N–H and O–H groups in total. The minimum Gasteiger partial charge on any atom is -0.480 e. The van der Waals surface area contributed by atoms with Crippen molar-refractivity contribution in [3.63, 3.8) is 0 Å². The molecule has 2 aromatic carbocycles. The average Bonchev–Trinajstić information content (AvgIpc) is 3.20. The third kappa shape index (κ3) is 4.68. The van der Waals surface area contributed by atoms with E-state index in [0.29, 0.717) is 31.5 Å². The van der Waals surface area contributed by atoms with Crippen LogP contribution in [-0.4, -0.2) is 39.5 Å². The molecule has 7 nitrogen and oxygen atoms in total. The minimum atomic E-state index is -4.77. The predicted octanol–water partition coefficient (Wildman–Crippen LogP) is 4.56. The number of rotatable bonds is 5. The van der Waals surface area contributed by atoms with E-state index in [9.17, 15) is 22.4 Å². The van der Waals surface area contributed by atoms with E-state index < -0.39 is 46.8 Å². The van der Waals surface area contributed by atoms with Crippen LogP contribution in [0.4, 0.5) is 27.6 Å². The number of fused-ring (bicyclic) bond motifs is 1. The first-order valence-electron chi connectivity index (χ1n) is 10.0. The maximum atomic E-state index is 15.1. The van der Waals surface area contributed by atoms with Gasteiger partial charge in [-0.15, -0.1) is 10.2 Å². The van der Waals surface area contributed by atoms with E-state index >= 15 is 4.39 Å². The summed E-state index contributed by atoms with van der Waals surface area (Å²) in [6, 6.07) is 5.29. The Labute approximate surface area is 194 Å². The molecular formula is C21H17ClF5N5O2. The molecule has 0 fully saturated rings. The van der Waals surface area contributed by atoms with Crippen LogP contribution in [0.2, 0.25) is 5.02 Å². The maximum Gasteiger partial charge on any atom is 0.425 e. The van der Waals surface area contributed by atoms with E-state index in [1.165, 1.54) is 12.1 Å². The molecule has 180 valence electrons. The largest absolute Gasteiger partial charge is 0.480 e. The Balaban J connectivity index is 1.78. The molecule has 0 unspecified atom stereocenters. The molecule has 0 spiro atoms. The predicted molar refractivity (Wildman–Crippen MR) is 113 cm³/mol. The van der Waals surface area contributed by atoms with Gasteiger partial charge in [0.05, 0.1) is 28.4 Å². The van der Waals surface area contributed by atoms with Crippen LogP contribution in [0, 0.1) is 11.6 Å². The number of halogens is 6. The Morgan fingerprint density at radius 2 is 2.00 bits per heavy atom. The number of carbonyl (C=O) groups is 1. The number of alkyl halides is 3. The summed E-state index contributed by atoms with van der Waals surface area (Å²) in [5.74, 6) is -2.93. The molecule has 3 aromatic rings. The van der Waals surface area contributed by atoms with Crippen molar-refractivity contribution in [3.05, 3.63) is 58.4 Å². The SMILES string of the molecule is C[C@H](Oc1cc(-c2nnc3n2CCNC3)c(F)cc1C(=O)Nc1c(F)cccc1Cl)C(F)(F)F. The monoisotopic (exact) mass is 501 g/mol. The molecule has 1 amide bonds. The first-order valence-corrected chi connectivity index (χ1v) is 10.4. The summed E-state index contributed by atoms with van der Waals surface area (Å²) in [5.41, 5.74) is -1.20. The normalized spacial score (nSPS) is 14.4. The minimum absolute atomic E-state index is 0.0719. The average molecular weight is 502 g/mol. The van der Waals surface area contributed by atoms with Gasteiger partial charge in [0.25, 0.3) is 5.91 Å².